The van der Waals surface area contributed by atoms with E-state index in [2.05, 4.69) is 3.48 Å². The van der Waals surface area contributed by atoms with E-state index < -0.39 is 13.6 Å². The molecule has 0 N–H and O–H groups in total. The molecule has 0 saturated heterocycles. The van der Waals surface area contributed by atoms with Crippen LogP contribution in [0.25, 0.3) is 10.8 Å². The maximum atomic E-state index is 11.3. The second-order valence-electron chi connectivity index (χ2n) is 3.14. The predicted octanol–water partition coefficient (Wildman–Crippen LogP) is 1.19. The van der Waals surface area contributed by atoms with Gasteiger partial charge in [0.15, 0.2) is 0 Å². The molecule has 4 nitrogen and oxygen atoms in total. The molecule has 2 rings (SSSR count). The Morgan fingerprint density at radius 1 is 1.00 bits per heavy atom. The molecule has 0 spiro atoms. The van der Waals surface area contributed by atoms with Crippen molar-refractivity contribution < 1.29 is 28.5 Å². The molecular formula is C10H10CrO4Si. The Bertz CT molecular complexity index is 604. The van der Waals surface area contributed by atoms with Crippen LogP contribution in [0.2, 0.25) is 0 Å². The molecule has 0 aliphatic heterocycles. The quantitative estimate of drug-likeness (QED) is 0.789. The fraction of sp³-hybridized carbons (Fsp3) is 0. The monoisotopic (exact) mass is 274 g/mol. The topological polar surface area (TPSA) is 52.6 Å². The third kappa shape index (κ3) is 2.31. The van der Waals surface area contributed by atoms with Gasteiger partial charge >= 0.3 is 98.0 Å². The first-order chi connectivity index (χ1) is 7.62. The summed E-state index contributed by atoms with van der Waals surface area (Å²) in [6.45, 7) is 0. The molecule has 0 aromatic heterocycles. The fourth-order valence-corrected chi connectivity index (χ4v) is 2.37. The van der Waals surface area contributed by atoms with Gasteiger partial charge in [-0.3, -0.25) is 0 Å². The molecule has 0 bridgehead atoms. The van der Waals surface area contributed by atoms with Crippen molar-refractivity contribution in [1.29, 1.82) is 0 Å². The molecule has 0 amide bonds. The van der Waals surface area contributed by atoms with E-state index in [4.69, 9.17) is 3.79 Å². The zero-order valence-electron chi connectivity index (χ0n) is 8.58. The van der Waals surface area contributed by atoms with Gasteiger partial charge < -0.3 is 0 Å². The van der Waals surface area contributed by atoms with Crippen LogP contribution >= 0.6 is 0 Å². The number of benzene rings is 2. The van der Waals surface area contributed by atoms with Crippen LogP contribution < -0.4 is 3.79 Å². The van der Waals surface area contributed by atoms with Crippen LogP contribution in [-0.2, 0) is 24.7 Å². The Balaban J connectivity index is 2.53. The van der Waals surface area contributed by atoms with Crippen LogP contribution in [0.15, 0.2) is 42.5 Å². The number of hydrogen-bond acceptors (Lipinski definition) is 4. The second-order valence-corrected chi connectivity index (χ2v) is 6.57. The summed E-state index contributed by atoms with van der Waals surface area (Å²) in [7, 11) is 0.108. The molecular weight excluding hydrogens is 264 g/mol. The van der Waals surface area contributed by atoms with Crippen molar-refractivity contribution in [3.63, 3.8) is 0 Å². The van der Waals surface area contributed by atoms with E-state index in [1.807, 2.05) is 30.3 Å². The standard InChI is InChI=1S/C10H8O.Cr.H3OSi.2O/c11-10-7-3-5-8-4-1-2-6-9(8)10;;1-2;;/h1-7,11H;;2H3;;/q;+2;-1;;/p-1. The zero-order valence-corrected chi connectivity index (χ0v) is 11.9. The summed E-state index contributed by atoms with van der Waals surface area (Å²) in [6, 6.07) is 12.7. The molecule has 0 radical (unpaired) electrons. The second kappa shape index (κ2) is 4.36. The third-order valence-electron chi connectivity index (χ3n) is 2.15. The van der Waals surface area contributed by atoms with Gasteiger partial charge in [-0.05, 0) is 0 Å². The minimum absolute atomic E-state index is 0.108. The van der Waals surface area contributed by atoms with Gasteiger partial charge in [0.05, 0.1) is 0 Å². The first kappa shape index (κ1) is 11.3. The summed E-state index contributed by atoms with van der Waals surface area (Å²) in [5, 5.41) is 1.69. The summed E-state index contributed by atoms with van der Waals surface area (Å²) >= 11 is -4.65. The van der Waals surface area contributed by atoms with Gasteiger partial charge in [-0.15, -0.1) is 0 Å². The molecule has 0 unspecified atom stereocenters. The number of hydrogen-bond donors (Lipinski definition) is 0. The van der Waals surface area contributed by atoms with Gasteiger partial charge in [-0.2, -0.15) is 0 Å². The van der Waals surface area contributed by atoms with Crippen molar-refractivity contribution in [2.75, 3.05) is 0 Å². The van der Waals surface area contributed by atoms with E-state index in [-0.39, 0.29) is 10.5 Å². The summed E-state index contributed by atoms with van der Waals surface area (Å²) in [6.07, 6.45) is 0. The summed E-state index contributed by atoms with van der Waals surface area (Å²) in [4.78, 5) is 0. The fourth-order valence-electron chi connectivity index (χ4n) is 1.41. The van der Waals surface area contributed by atoms with Gasteiger partial charge in [-0.1, -0.05) is 0 Å². The van der Waals surface area contributed by atoms with Crippen molar-refractivity contribution in [2.24, 2.45) is 0 Å². The Morgan fingerprint density at radius 3 is 2.44 bits per heavy atom. The van der Waals surface area contributed by atoms with E-state index in [9.17, 15) is 7.61 Å². The first-order valence-electron chi connectivity index (χ1n) is 4.60. The normalized spacial score (nSPS) is 11.8. The van der Waals surface area contributed by atoms with Crippen LogP contribution in [0.1, 0.15) is 0 Å². The molecule has 0 heterocycles. The summed E-state index contributed by atoms with van der Waals surface area (Å²) < 4.78 is 31.9. The molecule has 0 aliphatic rings. The summed E-state index contributed by atoms with van der Waals surface area (Å²) in [5.74, 6) is 0.318. The summed E-state index contributed by atoms with van der Waals surface area (Å²) in [5.41, 5.74) is 0. The zero-order chi connectivity index (χ0) is 11.6. The van der Waals surface area contributed by atoms with E-state index in [0.29, 0.717) is 5.75 Å². The molecule has 0 fully saturated rings. The predicted molar refractivity (Wildman–Crippen MR) is 57.0 cm³/mol. The van der Waals surface area contributed by atoms with Crippen LogP contribution in [0.5, 0.6) is 5.75 Å². The Kier molecular flexibility index (Phi) is 3.08. The van der Waals surface area contributed by atoms with Crippen molar-refractivity contribution >= 4 is 21.3 Å². The van der Waals surface area contributed by atoms with Crippen LogP contribution in [0, 0.1) is 0 Å². The molecule has 2 aromatic rings. The SMILES string of the molecule is [O]=[Cr](=[O])([O][SiH3])[O]c1cccc2ccccc12. The average molecular weight is 274 g/mol. The average Bonchev–Trinajstić information content (AvgIpc) is 2.29. The molecule has 0 atom stereocenters. The van der Waals surface area contributed by atoms with E-state index in [0.717, 1.165) is 10.8 Å². The Labute approximate surface area is 98.1 Å². The maximum absolute atomic E-state index is 11.3. The Hall–Kier alpha value is -1.19. The van der Waals surface area contributed by atoms with Gasteiger partial charge in [0.2, 0.25) is 0 Å². The third-order valence-corrected chi connectivity index (χ3v) is 5.07. The number of rotatable bonds is 3. The molecule has 16 heavy (non-hydrogen) atoms. The van der Waals surface area contributed by atoms with Crippen LogP contribution in [0.4, 0.5) is 0 Å². The van der Waals surface area contributed by atoms with Gasteiger partial charge in [0, 0.05) is 0 Å². The molecule has 2 aromatic carbocycles. The number of fused-ring (bicyclic) bond motifs is 1. The molecule has 6 heteroatoms. The van der Waals surface area contributed by atoms with Crippen LogP contribution in [-0.4, -0.2) is 10.5 Å². The molecule has 84 valence electrons. The van der Waals surface area contributed by atoms with Crippen molar-refractivity contribution in [2.45, 2.75) is 0 Å². The molecule has 0 aliphatic carbocycles. The van der Waals surface area contributed by atoms with Gasteiger partial charge in [0.1, 0.15) is 0 Å². The van der Waals surface area contributed by atoms with Crippen molar-refractivity contribution in [3.8, 4) is 5.75 Å². The first-order valence-corrected chi connectivity index (χ1v) is 7.50. The molecule has 0 saturated carbocycles. The van der Waals surface area contributed by atoms with Crippen LogP contribution in [0.3, 0.4) is 0 Å². The van der Waals surface area contributed by atoms with E-state index >= 15 is 0 Å². The van der Waals surface area contributed by atoms with E-state index in [1.54, 1.807) is 12.1 Å². The van der Waals surface area contributed by atoms with Gasteiger partial charge in [0.25, 0.3) is 0 Å². The van der Waals surface area contributed by atoms with Crippen molar-refractivity contribution in [3.05, 3.63) is 42.5 Å². The van der Waals surface area contributed by atoms with Crippen molar-refractivity contribution in [1.82, 2.24) is 0 Å². The van der Waals surface area contributed by atoms with E-state index in [1.165, 1.54) is 0 Å². The minimum atomic E-state index is -4.65. The Morgan fingerprint density at radius 2 is 1.69 bits per heavy atom. The van der Waals surface area contributed by atoms with Gasteiger partial charge in [-0.25, -0.2) is 0 Å².